The van der Waals surface area contributed by atoms with E-state index >= 15 is 0 Å². The third kappa shape index (κ3) is 7.92. The summed E-state index contributed by atoms with van der Waals surface area (Å²) in [4.78, 5) is 25.5. The maximum absolute atomic E-state index is 12.3. The molecule has 0 radical (unpaired) electrons. The first kappa shape index (κ1) is 24.3. The molecule has 33 heavy (non-hydrogen) atoms. The van der Waals surface area contributed by atoms with Crippen molar-refractivity contribution in [2.45, 2.75) is 12.5 Å². The molecule has 1 heterocycles. The number of para-hydroxylation sites is 2. The third-order valence-corrected chi connectivity index (χ3v) is 5.80. The molecule has 0 bridgehead atoms. The molecule has 2 aromatic carbocycles. The van der Waals surface area contributed by atoms with Crippen molar-refractivity contribution in [1.82, 2.24) is 9.62 Å². The van der Waals surface area contributed by atoms with Gasteiger partial charge in [-0.1, -0.05) is 42.5 Å². The monoisotopic (exact) mass is 474 g/mol. The predicted molar refractivity (Wildman–Crippen MR) is 122 cm³/mol. The number of esters is 1. The molecule has 1 unspecified atom stereocenters. The van der Waals surface area contributed by atoms with E-state index in [-0.39, 0.29) is 25.6 Å². The van der Waals surface area contributed by atoms with Crippen LogP contribution < -0.4 is 14.2 Å². The average Bonchev–Trinajstić information content (AvgIpc) is 2.81. The zero-order valence-electron chi connectivity index (χ0n) is 18.2. The van der Waals surface area contributed by atoms with Gasteiger partial charge in [0.2, 0.25) is 10.0 Å². The van der Waals surface area contributed by atoms with Crippen molar-refractivity contribution in [2.24, 2.45) is 0 Å². The molecular formula is C23H26N2O7S. The Balaban J connectivity index is 1.34. The second-order valence-electron chi connectivity index (χ2n) is 7.34. The van der Waals surface area contributed by atoms with Crippen LogP contribution in [0.25, 0.3) is 6.08 Å². The quantitative estimate of drug-likeness (QED) is 0.523. The molecule has 176 valence electrons. The van der Waals surface area contributed by atoms with E-state index in [0.717, 1.165) is 11.0 Å². The average molecular weight is 475 g/mol. The number of benzene rings is 2. The van der Waals surface area contributed by atoms with Gasteiger partial charge in [0.15, 0.2) is 24.2 Å². The summed E-state index contributed by atoms with van der Waals surface area (Å²) in [6.07, 6.45) is 0.906. The lowest BCUT2D eigenvalue weighted by Crippen LogP contribution is -2.43. The summed E-state index contributed by atoms with van der Waals surface area (Å²) in [5.74, 6) is 0.180. The van der Waals surface area contributed by atoms with E-state index in [1.54, 1.807) is 43.4 Å². The highest BCUT2D eigenvalue weighted by Crippen LogP contribution is 2.30. The van der Waals surface area contributed by atoms with Gasteiger partial charge in [0, 0.05) is 19.0 Å². The number of hydrogen-bond acceptors (Lipinski definition) is 7. The first-order chi connectivity index (χ1) is 15.8. The maximum Gasteiger partial charge on any atom is 0.307 e. The number of carbonyl (C=O) groups is 2. The minimum absolute atomic E-state index is 0.142. The Labute approximate surface area is 193 Å². The predicted octanol–water partition coefficient (Wildman–Crippen LogP) is 1.81. The second kappa shape index (κ2) is 11.5. The normalized spacial score (nSPS) is 15.2. The number of rotatable bonds is 10. The summed E-state index contributed by atoms with van der Waals surface area (Å²) in [5.41, 5.74) is 0.735. The smallest absolute Gasteiger partial charge is 0.307 e. The lowest BCUT2D eigenvalue weighted by Gasteiger charge is -2.29. The molecule has 0 aliphatic carbocycles. The van der Waals surface area contributed by atoms with Gasteiger partial charge in [0.1, 0.15) is 6.61 Å². The zero-order valence-corrected chi connectivity index (χ0v) is 19.0. The van der Waals surface area contributed by atoms with Crippen molar-refractivity contribution in [1.29, 1.82) is 0 Å². The van der Waals surface area contributed by atoms with Crippen LogP contribution in [0.3, 0.4) is 0 Å². The van der Waals surface area contributed by atoms with Gasteiger partial charge in [-0.2, -0.15) is 0 Å². The van der Waals surface area contributed by atoms with Gasteiger partial charge in [-0.05, 0) is 23.8 Å². The summed E-state index contributed by atoms with van der Waals surface area (Å²) >= 11 is 0. The van der Waals surface area contributed by atoms with Gasteiger partial charge in [-0.3, -0.25) is 9.59 Å². The summed E-state index contributed by atoms with van der Waals surface area (Å²) in [7, 11) is -2.12. The van der Waals surface area contributed by atoms with Gasteiger partial charge in [0.25, 0.3) is 5.91 Å². The Morgan fingerprint density at radius 2 is 1.82 bits per heavy atom. The minimum Gasteiger partial charge on any atom is -0.486 e. The lowest BCUT2D eigenvalue weighted by molar-refractivity contribution is -0.151. The van der Waals surface area contributed by atoms with Crippen LogP contribution in [0.2, 0.25) is 0 Å². The molecule has 1 aliphatic rings. The van der Waals surface area contributed by atoms with Crippen molar-refractivity contribution < 1.29 is 32.2 Å². The summed E-state index contributed by atoms with van der Waals surface area (Å²) in [6.45, 7) is -0.0251. The fourth-order valence-corrected chi connectivity index (χ4v) is 3.78. The maximum atomic E-state index is 12.3. The molecule has 0 aromatic heterocycles. The molecule has 0 saturated carbocycles. The zero-order chi connectivity index (χ0) is 23.7. The molecule has 1 N–H and O–H groups in total. The number of carbonyl (C=O) groups excluding carboxylic acids is 2. The summed E-state index contributed by atoms with van der Waals surface area (Å²) in [6, 6.07) is 16.2. The highest BCUT2D eigenvalue weighted by Gasteiger charge is 2.24. The van der Waals surface area contributed by atoms with Crippen LogP contribution in [0.5, 0.6) is 11.5 Å². The van der Waals surface area contributed by atoms with Crippen LogP contribution in [-0.4, -0.2) is 64.6 Å². The van der Waals surface area contributed by atoms with E-state index in [1.165, 1.54) is 11.0 Å². The van der Waals surface area contributed by atoms with Crippen molar-refractivity contribution in [2.75, 3.05) is 33.4 Å². The standard InChI is InChI=1S/C23H26N2O7S/c1-25(15-19-16-30-20-9-5-6-10-21(20)32-19)22(26)17-31-23(27)11-13-24-33(28,29)14-12-18-7-3-2-4-8-18/h2-10,12,14,19,24H,11,13,15-17H2,1H3/b14-12+. The molecule has 10 heteroatoms. The van der Waals surface area contributed by atoms with Gasteiger partial charge in [-0.25, -0.2) is 13.1 Å². The van der Waals surface area contributed by atoms with Crippen LogP contribution >= 0.6 is 0 Å². The molecular weight excluding hydrogens is 448 g/mol. The molecule has 0 saturated heterocycles. The number of ether oxygens (including phenoxy) is 3. The van der Waals surface area contributed by atoms with E-state index < -0.39 is 28.5 Å². The Morgan fingerprint density at radius 1 is 1.12 bits per heavy atom. The Morgan fingerprint density at radius 3 is 2.58 bits per heavy atom. The molecule has 0 fully saturated rings. The molecule has 9 nitrogen and oxygen atoms in total. The van der Waals surface area contributed by atoms with Crippen LogP contribution in [0.4, 0.5) is 0 Å². The molecule has 1 aliphatic heterocycles. The molecule has 1 atom stereocenters. The molecule has 1 amide bonds. The largest absolute Gasteiger partial charge is 0.486 e. The van der Waals surface area contributed by atoms with Crippen molar-refractivity contribution in [3.05, 3.63) is 65.6 Å². The highest BCUT2D eigenvalue weighted by molar-refractivity contribution is 7.92. The lowest BCUT2D eigenvalue weighted by atomic mass is 10.2. The minimum atomic E-state index is -3.70. The number of fused-ring (bicyclic) bond motifs is 1. The van der Waals surface area contributed by atoms with Gasteiger partial charge in [0.05, 0.1) is 13.0 Å². The van der Waals surface area contributed by atoms with Crippen LogP contribution in [-0.2, 0) is 24.3 Å². The summed E-state index contributed by atoms with van der Waals surface area (Å²) < 4.78 is 42.6. The molecule has 2 aromatic rings. The van der Waals surface area contributed by atoms with E-state index in [2.05, 4.69) is 4.72 Å². The first-order valence-corrected chi connectivity index (χ1v) is 11.9. The van der Waals surface area contributed by atoms with Gasteiger partial charge < -0.3 is 19.1 Å². The SMILES string of the molecule is CN(CC1COc2ccccc2O1)C(=O)COC(=O)CCNS(=O)(=O)/C=C/c1ccccc1. The van der Waals surface area contributed by atoms with E-state index in [0.29, 0.717) is 18.1 Å². The number of likely N-dealkylation sites (N-methyl/N-ethyl adjacent to an activating group) is 1. The van der Waals surface area contributed by atoms with Crippen molar-refractivity contribution in [3.8, 4) is 11.5 Å². The van der Waals surface area contributed by atoms with Crippen LogP contribution in [0.1, 0.15) is 12.0 Å². The highest BCUT2D eigenvalue weighted by atomic mass is 32.2. The van der Waals surface area contributed by atoms with E-state index in [4.69, 9.17) is 14.2 Å². The fourth-order valence-electron chi connectivity index (χ4n) is 2.96. The molecule has 3 rings (SSSR count). The number of amides is 1. The van der Waals surface area contributed by atoms with Gasteiger partial charge in [-0.15, -0.1) is 0 Å². The Bertz CT molecular complexity index is 1090. The van der Waals surface area contributed by atoms with Gasteiger partial charge >= 0.3 is 5.97 Å². The molecule has 0 spiro atoms. The first-order valence-electron chi connectivity index (χ1n) is 10.3. The summed E-state index contributed by atoms with van der Waals surface area (Å²) in [5, 5.41) is 1.03. The third-order valence-electron chi connectivity index (χ3n) is 4.70. The van der Waals surface area contributed by atoms with Crippen molar-refractivity contribution >= 4 is 28.0 Å². The van der Waals surface area contributed by atoms with Crippen molar-refractivity contribution in [3.63, 3.8) is 0 Å². The van der Waals surface area contributed by atoms with E-state index in [1.807, 2.05) is 18.2 Å². The number of nitrogens with zero attached hydrogens (tertiary/aromatic N) is 1. The number of hydrogen-bond donors (Lipinski definition) is 1. The van der Waals surface area contributed by atoms with E-state index in [9.17, 15) is 18.0 Å². The second-order valence-corrected chi connectivity index (χ2v) is 8.99. The Kier molecular flexibility index (Phi) is 8.45. The van der Waals surface area contributed by atoms with Crippen LogP contribution in [0.15, 0.2) is 60.0 Å². The fraction of sp³-hybridized carbons (Fsp3) is 0.304. The number of sulfonamides is 1. The van der Waals surface area contributed by atoms with Crippen LogP contribution in [0, 0.1) is 0 Å². The Hall–Kier alpha value is -3.37. The number of nitrogens with one attached hydrogen (secondary N) is 1. The topological polar surface area (TPSA) is 111 Å².